The summed E-state index contributed by atoms with van der Waals surface area (Å²) in [4.78, 5) is 6.51. The Kier molecular flexibility index (Phi) is 4.83. The third kappa shape index (κ3) is 3.54. The zero-order valence-electron chi connectivity index (χ0n) is 14.5. The molecule has 7 heteroatoms. The van der Waals surface area contributed by atoms with Crippen LogP contribution in [0.15, 0.2) is 59.7 Å². The third-order valence-electron chi connectivity index (χ3n) is 4.33. The van der Waals surface area contributed by atoms with Gasteiger partial charge in [0.05, 0.1) is 16.4 Å². The van der Waals surface area contributed by atoms with Crippen LogP contribution in [0.4, 0.5) is 15.8 Å². The fourth-order valence-corrected chi connectivity index (χ4v) is 3.29. The quantitative estimate of drug-likeness (QED) is 0.701. The lowest BCUT2D eigenvalue weighted by Crippen LogP contribution is -2.23. The van der Waals surface area contributed by atoms with Gasteiger partial charge in [-0.2, -0.15) is 0 Å². The maximum atomic E-state index is 13.3. The molecular weight excluding hydrogens is 367 g/mol. The normalized spacial score (nSPS) is 12.9. The molecule has 0 aliphatic carbocycles. The highest BCUT2D eigenvalue weighted by Gasteiger charge is 2.20. The van der Waals surface area contributed by atoms with E-state index in [4.69, 9.17) is 22.1 Å². The van der Waals surface area contributed by atoms with Gasteiger partial charge in [-0.05, 0) is 36.4 Å². The molecule has 3 aromatic rings. The second kappa shape index (κ2) is 7.42. The predicted octanol–water partition coefficient (Wildman–Crippen LogP) is 4.56. The Balaban J connectivity index is 1.61. The van der Waals surface area contributed by atoms with E-state index in [0.29, 0.717) is 29.7 Å². The first kappa shape index (κ1) is 17.6. The number of benzene rings is 2. The maximum absolute atomic E-state index is 13.3. The average Bonchev–Trinajstić information content (AvgIpc) is 3.07. The molecule has 2 heterocycles. The van der Waals surface area contributed by atoms with E-state index in [0.717, 1.165) is 23.6 Å². The second-order valence-corrected chi connectivity index (χ2v) is 6.53. The Bertz CT molecular complexity index is 1000. The fourth-order valence-electron chi connectivity index (χ4n) is 3.08. The van der Waals surface area contributed by atoms with Gasteiger partial charge in [0, 0.05) is 37.3 Å². The van der Waals surface area contributed by atoms with Gasteiger partial charge >= 0.3 is 0 Å². The Labute approximate surface area is 161 Å². The minimum Gasteiger partial charge on any atom is -0.456 e. The molecule has 1 aliphatic rings. The smallest absolute Gasteiger partial charge is 0.146 e. The highest BCUT2D eigenvalue weighted by Crippen LogP contribution is 2.37. The highest BCUT2D eigenvalue weighted by atomic mass is 35.5. The summed E-state index contributed by atoms with van der Waals surface area (Å²) in [6.07, 6.45) is 3.87. The van der Waals surface area contributed by atoms with Gasteiger partial charge in [-0.1, -0.05) is 17.7 Å². The van der Waals surface area contributed by atoms with Crippen LogP contribution < -0.4 is 15.4 Å². The molecule has 0 saturated heterocycles. The summed E-state index contributed by atoms with van der Waals surface area (Å²) in [7, 11) is 0. The standard InChI is InChI=1S/C20H18ClFN4O/c21-17-11-15(4-5-20(17)27-16-3-1-2-14(22)10-16)26-13-24-12-19-18(26)6-8-25(19)9-7-23/h1-6,8,10-12H,7,9,13,23H2. The van der Waals surface area contributed by atoms with E-state index < -0.39 is 0 Å². The summed E-state index contributed by atoms with van der Waals surface area (Å²) in [5.41, 5.74) is 8.64. The van der Waals surface area contributed by atoms with Crippen molar-refractivity contribution in [2.24, 2.45) is 10.7 Å². The topological polar surface area (TPSA) is 55.8 Å². The van der Waals surface area contributed by atoms with Gasteiger partial charge in [0.1, 0.15) is 24.0 Å². The van der Waals surface area contributed by atoms with E-state index in [1.165, 1.54) is 12.1 Å². The van der Waals surface area contributed by atoms with E-state index >= 15 is 0 Å². The van der Waals surface area contributed by atoms with Crippen molar-refractivity contribution in [3.63, 3.8) is 0 Å². The Morgan fingerprint density at radius 2 is 2.07 bits per heavy atom. The van der Waals surface area contributed by atoms with E-state index in [1.807, 2.05) is 30.6 Å². The van der Waals surface area contributed by atoms with Crippen molar-refractivity contribution in [3.05, 3.63) is 71.3 Å². The van der Waals surface area contributed by atoms with E-state index in [-0.39, 0.29) is 5.82 Å². The van der Waals surface area contributed by atoms with Crippen LogP contribution in [-0.2, 0) is 6.54 Å². The van der Waals surface area contributed by atoms with Crippen LogP contribution in [0.1, 0.15) is 5.69 Å². The van der Waals surface area contributed by atoms with Crippen molar-refractivity contribution in [1.82, 2.24) is 4.57 Å². The largest absolute Gasteiger partial charge is 0.456 e. The zero-order chi connectivity index (χ0) is 18.8. The zero-order valence-corrected chi connectivity index (χ0v) is 15.2. The molecule has 1 aliphatic heterocycles. The molecule has 0 amide bonds. The van der Waals surface area contributed by atoms with Crippen LogP contribution in [0.3, 0.4) is 0 Å². The molecule has 1 aromatic heterocycles. The fraction of sp³-hybridized carbons (Fsp3) is 0.150. The van der Waals surface area contributed by atoms with Gasteiger partial charge in [0.15, 0.2) is 0 Å². The average molecular weight is 385 g/mol. The van der Waals surface area contributed by atoms with Crippen molar-refractivity contribution in [1.29, 1.82) is 0 Å². The number of anilines is 2. The number of nitrogens with two attached hydrogens (primary N) is 1. The van der Waals surface area contributed by atoms with Crippen molar-refractivity contribution in [2.45, 2.75) is 6.54 Å². The molecule has 0 unspecified atom stereocenters. The molecule has 4 rings (SSSR count). The molecular formula is C20H18ClFN4O. The van der Waals surface area contributed by atoms with Gasteiger partial charge in [-0.25, -0.2) is 4.39 Å². The number of halogens is 2. The van der Waals surface area contributed by atoms with E-state index in [1.54, 1.807) is 18.2 Å². The third-order valence-corrected chi connectivity index (χ3v) is 4.63. The first-order valence-corrected chi connectivity index (χ1v) is 8.93. The van der Waals surface area contributed by atoms with E-state index in [9.17, 15) is 4.39 Å². The predicted molar refractivity (Wildman–Crippen MR) is 106 cm³/mol. The van der Waals surface area contributed by atoms with Crippen molar-refractivity contribution >= 4 is 29.2 Å². The van der Waals surface area contributed by atoms with Crippen LogP contribution >= 0.6 is 11.6 Å². The minimum absolute atomic E-state index is 0.360. The number of hydrogen-bond donors (Lipinski definition) is 1. The van der Waals surface area contributed by atoms with Crippen LogP contribution in [-0.4, -0.2) is 24.0 Å². The molecule has 27 heavy (non-hydrogen) atoms. The minimum atomic E-state index is -0.360. The summed E-state index contributed by atoms with van der Waals surface area (Å²) < 4.78 is 21.1. The van der Waals surface area contributed by atoms with Gasteiger partial charge in [0.2, 0.25) is 0 Å². The highest BCUT2D eigenvalue weighted by molar-refractivity contribution is 6.32. The number of aromatic nitrogens is 1. The van der Waals surface area contributed by atoms with Crippen molar-refractivity contribution < 1.29 is 9.13 Å². The van der Waals surface area contributed by atoms with Crippen LogP contribution in [0.2, 0.25) is 5.02 Å². The van der Waals surface area contributed by atoms with Crippen LogP contribution in [0.25, 0.3) is 0 Å². The SMILES string of the molecule is NCCn1ccc2c1C=NCN2c1ccc(Oc2cccc(F)c2)c(Cl)c1. The van der Waals surface area contributed by atoms with E-state index in [2.05, 4.69) is 14.5 Å². The summed E-state index contributed by atoms with van der Waals surface area (Å²) >= 11 is 6.41. The number of fused-ring (bicyclic) bond motifs is 1. The summed E-state index contributed by atoms with van der Waals surface area (Å²) in [6, 6.07) is 13.5. The Morgan fingerprint density at radius 1 is 1.19 bits per heavy atom. The molecule has 5 nitrogen and oxygen atoms in total. The molecule has 138 valence electrons. The monoisotopic (exact) mass is 384 g/mol. The lowest BCUT2D eigenvalue weighted by molar-refractivity contribution is 0.477. The van der Waals surface area contributed by atoms with Crippen molar-refractivity contribution in [3.8, 4) is 11.5 Å². The van der Waals surface area contributed by atoms with Gasteiger partial charge in [-0.3, -0.25) is 4.99 Å². The first-order valence-electron chi connectivity index (χ1n) is 8.55. The van der Waals surface area contributed by atoms with Crippen LogP contribution in [0.5, 0.6) is 11.5 Å². The van der Waals surface area contributed by atoms with Gasteiger partial charge in [0.25, 0.3) is 0 Å². The number of aliphatic imine (C=N–C) groups is 1. The van der Waals surface area contributed by atoms with Gasteiger partial charge in [-0.15, -0.1) is 0 Å². The second-order valence-electron chi connectivity index (χ2n) is 6.12. The molecule has 2 N–H and O–H groups in total. The number of hydrogen-bond acceptors (Lipinski definition) is 4. The molecule has 0 radical (unpaired) electrons. The molecule has 0 fully saturated rings. The number of ether oxygens (including phenoxy) is 1. The summed E-state index contributed by atoms with van der Waals surface area (Å²) in [5, 5.41) is 0.439. The number of nitrogens with zero attached hydrogens (tertiary/aromatic N) is 3. The summed E-state index contributed by atoms with van der Waals surface area (Å²) in [6.45, 7) is 1.79. The molecule has 0 spiro atoms. The van der Waals surface area contributed by atoms with Gasteiger partial charge < -0.3 is 19.9 Å². The lowest BCUT2D eigenvalue weighted by Gasteiger charge is -2.26. The molecule has 0 saturated carbocycles. The Morgan fingerprint density at radius 3 is 2.85 bits per heavy atom. The van der Waals surface area contributed by atoms with Crippen molar-refractivity contribution in [2.75, 3.05) is 18.1 Å². The number of rotatable bonds is 5. The Hall–Kier alpha value is -2.83. The first-order chi connectivity index (χ1) is 13.2. The molecule has 0 atom stereocenters. The maximum Gasteiger partial charge on any atom is 0.146 e. The van der Waals surface area contributed by atoms with Crippen LogP contribution in [0, 0.1) is 5.82 Å². The molecule has 2 aromatic carbocycles. The summed E-state index contributed by atoms with van der Waals surface area (Å²) in [5.74, 6) is 0.502. The molecule has 0 bridgehead atoms. The lowest BCUT2D eigenvalue weighted by atomic mass is 10.2.